The molecule has 0 atom stereocenters. The van der Waals surface area contributed by atoms with Crippen molar-refractivity contribution in [3.63, 3.8) is 0 Å². The van der Waals surface area contributed by atoms with Gasteiger partial charge in [-0.05, 0) is 48.2 Å². The van der Waals surface area contributed by atoms with Gasteiger partial charge in [0.05, 0.1) is 11.3 Å². The number of rotatable bonds is 4. The van der Waals surface area contributed by atoms with Crippen molar-refractivity contribution in [2.24, 2.45) is 0 Å². The van der Waals surface area contributed by atoms with Crippen LogP contribution in [0.3, 0.4) is 0 Å². The van der Waals surface area contributed by atoms with Gasteiger partial charge < -0.3 is 4.57 Å². The predicted molar refractivity (Wildman–Crippen MR) is 89.8 cm³/mol. The largest absolute Gasteiger partial charge is 0.416 e. The van der Waals surface area contributed by atoms with Crippen LogP contribution >= 0.6 is 0 Å². The van der Waals surface area contributed by atoms with Crippen molar-refractivity contribution in [1.29, 1.82) is 0 Å². The summed E-state index contributed by atoms with van der Waals surface area (Å²) in [6.07, 6.45) is -1.56. The molecule has 0 fully saturated rings. The number of aromatic nitrogens is 1. The molecule has 4 heteroatoms. The zero-order valence-corrected chi connectivity index (χ0v) is 13.3. The molecule has 0 bridgehead atoms. The van der Waals surface area contributed by atoms with Gasteiger partial charge in [-0.25, -0.2) is 0 Å². The van der Waals surface area contributed by atoms with Gasteiger partial charge in [0.2, 0.25) is 0 Å². The summed E-state index contributed by atoms with van der Waals surface area (Å²) in [5.74, 6) is 0. The van der Waals surface area contributed by atoms with Gasteiger partial charge >= 0.3 is 6.18 Å². The summed E-state index contributed by atoms with van der Waals surface area (Å²) in [7, 11) is 0. The topological polar surface area (TPSA) is 4.93 Å². The maximum Gasteiger partial charge on any atom is 0.416 e. The highest BCUT2D eigenvalue weighted by Crippen LogP contribution is 2.33. The molecule has 0 aliphatic carbocycles. The Balaban J connectivity index is 1.90. The fourth-order valence-corrected chi connectivity index (χ4v) is 2.90. The maximum absolute atomic E-state index is 13.0. The van der Waals surface area contributed by atoms with E-state index in [4.69, 9.17) is 0 Å². The normalized spacial score (nSPS) is 11.7. The Hall–Kier alpha value is -2.49. The smallest absolute Gasteiger partial charge is 0.347 e. The Morgan fingerprint density at radius 2 is 1.67 bits per heavy atom. The number of benzene rings is 2. The van der Waals surface area contributed by atoms with Crippen LogP contribution in [0.2, 0.25) is 0 Å². The number of halogens is 3. The van der Waals surface area contributed by atoms with E-state index < -0.39 is 11.7 Å². The van der Waals surface area contributed by atoms with E-state index in [0.717, 1.165) is 30.3 Å². The molecule has 0 aliphatic heterocycles. The third kappa shape index (κ3) is 3.53. The van der Waals surface area contributed by atoms with Crippen LogP contribution in [0.15, 0.2) is 66.9 Å². The lowest BCUT2D eigenvalue weighted by Crippen LogP contribution is -2.06. The average molecular weight is 329 g/mol. The molecule has 0 unspecified atom stereocenters. The van der Waals surface area contributed by atoms with Crippen molar-refractivity contribution in [3.05, 3.63) is 83.6 Å². The molecule has 1 aromatic heterocycles. The second-order valence-electron chi connectivity index (χ2n) is 5.85. The molecular formula is C20H18F3N. The quantitative estimate of drug-likeness (QED) is 0.576. The van der Waals surface area contributed by atoms with Crippen molar-refractivity contribution in [1.82, 2.24) is 4.57 Å². The van der Waals surface area contributed by atoms with Crippen LogP contribution < -0.4 is 0 Å². The summed E-state index contributed by atoms with van der Waals surface area (Å²) in [6, 6.07) is 17.5. The van der Waals surface area contributed by atoms with E-state index in [9.17, 15) is 13.2 Å². The first-order valence-corrected chi connectivity index (χ1v) is 7.82. The van der Waals surface area contributed by atoms with Gasteiger partial charge in [-0.2, -0.15) is 13.2 Å². The first-order chi connectivity index (χ1) is 11.4. The summed E-state index contributed by atoms with van der Waals surface area (Å²) in [5, 5.41) is 0. The van der Waals surface area contributed by atoms with Crippen molar-refractivity contribution >= 4 is 0 Å². The summed E-state index contributed by atoms with van der Waals surface area (Å²) in [6.45, 7) is 2.65. The van der Waals surface area contributed by atoms with E-state index >= 15 is 0 Å². The van der Waals surface area contributed by atoms with E-state index in [2.05, 4.69) is 12.1 Å². The van der Waals surface area contributed by atoms with Crippen LogP contribution in [0.4, 0.5) is 13.2 Å². The molecule has 1 heterocycles. The molecule has 0 spiro atoms. The van der Waals surface area contributed by atoms with Crippen molar-refractivity contribution in [2.75, 3.05) is 0 Å². The van der Waals surface area contributed by atoms with E-state index in [1.54, 1.807) is 6.07 Å². The predicted octanol–water partition coefficient (Wildman–Crippen LogP) is 5.73. The highest BCUT2D eigenvalue weighted by atomic mass is 19.4. The Morgan fingerprint density at radius 1 is 0.917 bits per heavy atom. The van der Waals surface area contributed by atoms with Gasteiger partial charge in [0.1, 0.15) is 0 Å². The Morgan fingerprint density at radius 3 is 2.38 bits per heavy atom. The molecule has 0 radical (unpaired) electrons. The Labute approximate surface area is 139 Å². The van der Waals surface area contributed by atoms with Gasteiger partial charge in [0.15, 0.2) is 0 Å². The molecule has 0 amide bonds. The number of nitrogens with zero attached hydrogens (tertiary/aromatic N) is 1. The molecule has 24 heavy (non-hydrogen) atoms. The van der Waals surface area contributed by atoms with E-state index in [0.29, 0.717) is 5.56 Å². The van der Waals surface area contributed by atoms with Crippen LogP contribution in [0.25, 0.3) is 11.3 Å². The lowest BCUT2D eigenvalue weighted by atomic mass is 10.0. The van der Waals surface area contributed by atoms with Gasteiger partial charge in [-0.15, -0.1) is 0 Å². The molecule has 0 saturated heterocycles. The van der Waals surface area contributed by atoms with Crippen molar-refractivity contribution in [2.45, 2.75) is 26.1 Å². The molecule has 2 aromatic carbocycles. The summed E-state index contributed by atoms with van der Waals surface area (Å²) >= 11 is 0. The monoisotopic (exact) mass is 329 g/mol. The zero-order chi connectivity index (χ0) is 17.2. The Bertz CT molecular complexity index is 816. The van der Waals surface area contributed by atoms with E-state index in [1.807, 2.05) is 42.0 Å². The fourth-order valence-electron chi connectivity index (χ4n) is 2.90. The third-order valence-corrected chi connectivity index (χ3v) is 4.11. The molecule has 0 N–H and O–H groups in total. The molecule has 3 rings (SSSR count). The Kier molecular flexibility index (Phi) is 4.47. The fraction of sp³-hybridized carbons (Fsp3) is 0.200. The summed E-state index contributed by atoms with van der Waals surface area (Å²) < 4.78 is 40.9. The van der Waals surface area contributed by atoms with Gasteiger partial charge in [0.25, 0.3) is 0 Å². The van der Waals surface area contributed by atoms with Gasteiger partial charge in [-0.3, -0.25) is 0 Å². The summed E-state index contributed by atoms with van der Waals surface area (Å²) in [4.78, 5) is 0. The lowest BCUT2D eigenvalue weighted by molar-refractivity contribution is -0.137. The molecule has 124 valence electrons. The number of hydrogen-bond acceptors (Lipinski definition) is 0. The first-order valence-electron chi connectivity index (χ1n) is 7.82. The summed E-state index contributed by atoms with van der Waals surface area (Å²) in [5.41, 5.74) is 3.01. The standard InChI is InChI=1S/C20H18F3N/c1-15-10-12-24(13-11-16-6-3-2-4-7-16)19(15)17-8-5-9-18(14-17)20(21,22)23/h2-10,12,14H,11,13H2,1H3. The first kappa shape index (κ1) is 16.4. The van der Waals surface area contributed by atoms with Crippen LogP contribution in [-0.4, -0.2) is 4.57 Å². The maximum atomic E-state index is 13.0. The number of alkyl halides is 3. The SMILES string of the molecule is Cc1ccn(CCc2ccccc2)c1-c1cccc(C(F)(F)F)c1. The lowest BCUT2D eigenvalue weighted by Gasteiger charge is -2.13. The van der Waals surface area contributed by atoms with Gasteiger partial charge in [-0.1, -0.05) is 42.5 Å². The highest BCUT2D eigenvalue weighted by Gasteiger charge is 2.30. The molecule has 0 aliphatic rings. The van der Waals surface area contributed by atoms with Crippen LogP contribution in [0, 0.1) is 6.92 Å². The molecular weight excluding hydrogens is 311 g/mol. The van der Waals surface area contributed by atoms with Crippen LogP contribution in [0.5, 0.6) is 0 Å². The van der Waals surface area contributed by atoms with Gasteiger partial charge in [0, 0.05) is 12.7 Å². The third-order valence-electron chi connectivity index (χ3n) is 4.11. The minimum absolute atomic E-state index is 0.598. The van der Waals surface area contributed by atoms with Crippen molar-refractivity contribution in [3.8, 4) is 11.3 Å². The van der Waals surface area contributed by atoms with Crippen LogP contribution in [0.1, 0.15) is 16.7 Å². The molecule has 0 saturated carbocycles. The second-order valence-corrected chi connectivity index (χ2v) is 5.85. The van der Waals surface area contributed by atoms with Crippen LogP contribution in [-0.2, 0) is 19.1 Å². The number of aryl methyl sites for hydroxylation is 3. The van der Waals surface area contributed by atoms with Crippen molar-refractivity contribution < 1.29 is 13.2 Å². The second kappa shape index (κ2) is 6.56. The minimum Gasteiger partial charge on any atom is -0.347 e. The minimum atomic E-state index is -4.33. The van der Waals surface area contributed by atoms with E-state index in [-0.39, 0.29) is 0 Å². The molecule has 3 aromatic rings. The zero-order valence-electron chi connectivity index (χ0n) is 13.3. The highest BCUT2D eigenvalue weighted by molar-refractivity contribution is 5.65. The average Bonchev–Trinajstić information content (AvgIpc) is 2.94. The number of hydrogen-bond donors (Lipinski definition) is 0. The molecule has 1 nitrogen and oxygen atoms in total. The van der Waals surface area contributed by atoms with E-state index in [1.165, 1.54) is 17.7 Å².